The van der Waals surface area contributed by atoms with Crippen molar-refractivity contribution >= 4 is 11.9 Å². The molecule has 0 unspecified atom stereocenters. The Morgan fingerprint density at radius 3 is 2.79 bits per heavy atom. The molecule has 156 valence electrons. The SMILES string of the molecule is O=C(O)C[C@@H](CCCC1CCCCC1)c1nc(CNC(=O)c2ccccn2)no1. The number of rotatable bonds is 10. The zero-order chi connectivity index (χ0) is 20.5. The Morgan fingerprint density at radius 1 is 1.24 bits per heavy atom. The Kier molecular flexibility index (Phi) is 7.72. The van der Waals surface area contributed by atoms with Crippen LogP contribution < -0.4 is 5.32 Å². The van der Waals surface area contributed by atoms with Gasteiger partial charge in [-0.1, -0.05) is 56.2 Å². The zero-order valence-corrected chi connectivity index (χ0v) is 16.5. The molecule has 1 fully saturated rings. The molecule has 2 N–H and O–H groups in total. The van der Waals surface area contributed by atoms with Gasteiger partial charge in [0, 0.05) is 12.1 Å². The maximum absolute atomic E-state index is 12.1. The molecule has 2 heterocycles. The molecule has 1 saturated carbocycles. The van der Waals surface area contributed by atoms with Gasteiger partial charge in [-0.05, 0) is 24.5 Å². The van der Waals surface area contributed by atoms with Gasteiger partial charge in [-0.2, -0.15) is 4.98 Å². The molecule has 3 rings (SSSR count). The molecular weight excluding hydrogens is 372 g/mol. The van der Waals surface area contributed by atoms with Gasteiger partial charge in [0.1, 0.15) is 5.69 Å². The number of pyridine rings is 1. The second-order valence-electron chi connectivity index (χ2n) is 7.68. The van der Waals surface area contributed by atoms with Crippen molar-refractivity contribution in [3.8, 4) is 0 Å². The fourth-order valence-electron chi connectivity index (χ4n) is 3.90. The van der Waals surface area contributed by atoms with Crippen LogP contribution in [0.3, 0.4) is 0 Å². The van der Waals surface area contributed by atoms with E-state index in [2.05, 4.69) is 20.4 Å². The van der Waals surface area contributed by atoms with Crippen LogP contribution >= 0.6 is 0 Å². The monoisotopic (exact) mass is 400 g/mol. The minimum Gasteiger partial charge on any atom is -0.481 e. The fourth-order valence-corrected chi connectivity index (χ4v) is 3.90. The molecule has 0 aromatic carbocycles. The summed E-state index contributed by atoms with van der Waals surface area (Å²) in [5.41, 5.74) is 0.308. The van der Waals surface area contributed by atoms with Gasteiger partial charge >= 0.3 is 5.97 Å². The summed E-state index contributed by atoms with van der Waals surface area (Å²) in [6, 6.07) is 5.09. The Hall–Kier alpha value is -2.77. The van der Waals surface area contributed by atoms with E-state index >= 15 is 0 Å². The maximum Gasteiger partial charge on any atom is 0.304 e. The number of carbonyl (C=O) groups excluding carboxylic acids is 1. The van der Waals surface area contributed by atoms with Crippen LogP contribution in [0.15, 0.2) is 28.9 Å². The average Bonchev–Trinajstić information content (AvgIpc) is 3.21. The van der Waals surface area contributed by atoms with Crippen LogP contribution in [0.4, 0.5) is 0 Å². The first-order chi connectivity index (χ1) is 14.1. The van der Waals surface area contributed by atoms with Crippen molar-refractivity contribution in [2.75, 3.05) is 0 Å². The van der Waals surface area contributed by atoms with E-state index in [1.807, 2.05) is 0 Å². The quantitative estimate of drug-likeness (QED) is 0.624. The number of aliphatic carboxylic acids is 1. The molecule has 0 aliphatic heterocycles. The Bertz CT molecular complexity index is 787. The zero-order valence-electron chi connectivity index (χ0n) is 16.5. The maximum atomic E-state index is 12.1. The first-order valence-corrected chi connectivity index (χ1v) is 10.4. The first-order valence-electron chi connectivity index (χ1n) is 10.4. The third-order valence-electron chi connectivity index (χ3n) is 5.45. The van der Waals surface area contributed by atoms with Crippen LogP contribution in [0.25, 0.3) is 0 Å². The van der Waals surface area contributed by atoms with Crippen molar-refractivity contribution < 1.29 is 19.2 Å². The van der Waals surface area contributed by atoms with Crippen LogP contribution in [0.5, 0.6) is 0 Å². The Labute approximate surface area is 170 Å². The highest BCUT2D eigenvalue weighted by Crippen LogP contribution is 2.31. The number of carbonyl (C=O) groups is 2. The number of aromatic nitrogens is 3. The van der Waals surface area contributed by atoms with E-state index in [4.69, 9.17) is 4.52 Å². The van der Waals surface area contributed by atoms with Crippen molar-refractivity contribution in [3.63, 3.8) is 0 Å². The van der Waals surface area contributed by atoms with Crippen LogP contribution in [-0.2, 0) is 11.3 Å². The predicted molar refractivity (Wildman–Crippen MR) is 105 cm³/mol. The van der Waals surface area contributed by atoms with E-state index in [1.54, 1.807) is 24.4 Å². The van der Waals surface area contributed by atoms with E-state index in [1.165, 1.54) is 32.1 Å². The number of amides is 1. The summed E-state index contributed by atoms with van der Waals surface area (Å²) in [6.45, 7) is 0.0980. The van der Waals surface area contributed by atoms with Gasteiger partial charge in [0.2, 0.25) is 5.89 Å². The van der Waals surface area contributed by atoms with Gasteiger partial charge < -0.3 is 14.9 Å². The number of nitrogens with one attached hydrogen (secondary N) is 1. The van der Waals surface area contributed by atoms with Crippen LogP contribution in [0.2, 0.25) is 0 Å². The van der Waals surface area contributed by atoms with E-state index in [-0.39, 0.29) is 24.8 Å². The lowest BCUT2D eigenvalue weighted by molar-refractivity contribution is -0.137. The third-order valence-corrected chi connectivity index (χ3v) is 5.45. The van der Waals surface area contributed by atoms with E-state index in [9.17, 15) is 14.7 Å². The van der Waals surface area contributed by atoms with Gasteiger partial charge in [-0.3, -0.25) is 14.6 Å². The second-order valence-corrected chi connectivity index (χ2v) is 7.68. The number of carboxylic acids is 1. The summed E-state index contributed by atoms with van der Waals surface area (Å²) in [7, 11) is 0. The van der Waals surface area contributed by atoms with Crippen LogP contribution in [-0.4, -0.2) is 32.1 Å². The number of hydrogen-bond donors (Lipinski definition) is 2. The van der Waals surface area contributed by atoms with Crippen molar-refractivity contribution in [2.24, 2.45) is 5.92 Å². The third kappa shape index (κ3) is 6.66. The molecular formula is C21H28N4O4. The average molecular weight is 400 g/mol. The lowest BCUT2D eigenvalue weighted by Crippen LogP contribution is -2.24. The normalized spacial score (nSPS) is 15.7. The first kappa shape index (κ1) is 21.0. The molecule has 2 aromatic rings. The Balaban J connectivity index is 1.52. The molecule has 1 aliphatic rings. The van der Waals surface area contributed by atoms with Crippen molar-refractivity contribution in [1.82, 2.24) is 20.4 Å². The van der Waals surface area contributed by atoms with Gasteiger partial charge in [0.15, 0.2) is 5.82 Å². The van der Waals surface area contributed by atoms with Crippen molar-refractivity contribution in [3.05, 3.63) is 41.8 Å². The molecule has 1 atom stereocenters. The van der Waals surface area contributed by atoms with Gasteiger partial charge in [0.25, 0.3) is 5.91 Å². The van der Waals surface area contributed by atoms with Gasteiger partial charge in [0.05, 0.1) is 13.0 Å². The highest BCUT2D eigenvalue weighted by atomic mass is 16.5. The minimum absolute atomic E-state index is 0.0351. The summed E-state index contributed by atoms with van der Waals surface area (Å²) >= 11 is 0. The fraction of sp³-hybridized carbons (Fsp3) is 0.571. The predicted octanol–water partition coefficient (Wildman–Crippen LogP) is 3.70. The standard InChI is InChI=1S/C21H28N4O4/c26-19(27)13-16(10-6-9-15-7-2-1-3-8-15)21-24-18(25-29-21)14-23-20(28)17-11-4-5-12-22-17/h4-5,11-12,15-16H,1-3,6-10,13-14H2,(H,23,28)(H,26,27)/t16-/m1/s1. The number of nitrogens with zero attached hydrogens (tertiary/aromatic N) is 3. The van der Waals surface area contributed by atoms with E-state index in [0.717, 1.165) is 18.8 Å². The summed E-state index contributed by atoms with van der Waals surface area (Å²) in [6.07, 6.45) is 10.8. The number of carboxylic acid groups (broad SMARTS) is 1. The van der Waals surface area contributed by atoms with Gasteiger partial charge in [-0.15, -0.1) is 0 Å². The summed E-state index contributed by atoms with van der Waals surface area (Å²) in [5, 5.41) is 15.8. The summed E-state index contributed by atoms with van der Waals surface area (Å²) in [5.74, 6) is -0.0921. The molecule has 0 bridgehead atoms. The largest absolute Gasteiger partial charge is 0.481 e. The smallest absolute Gasteiger partial charge is 0.304 e. The lowest BCUT2D eigenvalue weighted by atomic mass is 9.84. The highest BCUT2D eigenvalue weighted by molar-refractivity contribution is 5.92. The van der Waals surface area contributed by atoms with Crippen LogP contribution in [0, 0.1) is 5.92 Å². The van der Waals surface area contributed by atoms with Gasteiger partial charge in [-0.25, -0.2) is 0 Å². The molecule has 0 spiro atoms. The summed E-state index contributed by atoms with van der Waals surface area (Å²) in [4.78, 5) is 31.6. The topological polar surface area (TPSA) is 118 Å². The van der Waals surface area contributed by atoms with E-state index < -0.39 is 5.97 Å². The minimum atomic E-state index is -0.879. The summed E-state index contributed by atoms with van der Waals surface area (Å²) < 4.78 is 5.32. The molecule has 8 nitrogen and oxygen atoms in total. The highest BCUT2D eigenvalue weighted by Gasteiger charge is 2.23. The molecule has 1 amide bonds. The van der Waals surface area contributed by atoms with Crippen molar-refractivity contribution in [2.45, 2.75) is 70.3 Å². The van der Waals surface area contributed by atoms with Crippen LogP contribution in [0.1, 0.15) is 85.9 Å². The molecule has 8 heteroatoms. The Morgan fingerprint density at radius 2 is 2.07 bits per heavy atom. The molecule has 0 saturated heterocycles. The molecule has 29 heavy (non-hydrogen) atoms. The lowest BCUT2D eigenvalue weighted by Gasteiger charge is -2.21. The van der Waals surface area contributed by atoms with Crippen molar-refractivity contribution in [1.29, 1.82) is 0 Å². The second kappa shape index (κ2) is 10.7. The number of hydrogen-bond acceptors (Lipinski definition) is 6. The molecule has 0 radical (unpaired) electrons. The molecule has 2 aromatic heterocycles. The molecule has 1 aliphatic carbocycles. The van der Waals surface area contributed by atoms with E-state index in [0.29, 0.717) is 23.8 Å².